The van der Waals surface area contributed by atoms with E-state index in [9.17, 15) is 4.79 Å². The SMILES string of the molecule is COC(=O)C(Cc1ccccc1Cl)c1ccccc1. The van der Waals surface area contributed by atoms with Gasteiger partial charge in [-0.1, -0.05) is 60.1 Å². The summed E-state index contributed by atoms with van der Waals surface area (Å²) in [4.78, 5) is 12.0. The van der Waals surface area contributed by atoms with Gasteiger partial charge in [0.05, 0.1) is 13.0 Å². The zero-order valence-electron chi connectivity index (χ0n) is 10.7. The molecule has 2 aromatic carbocycles. The van der Waals surface area contributed by atoms with Gasteiger partial charge >= 0.3 is 5.97 Å². The van der Waals surface area contributed by atoms with Gasteiger partial charge in [-0.2, -0.15) is 0 Å². The third-order valence-electron chi connectivity index (χ3n) is 3.07. The predicted octanol–water partition coefficient (Wildman–Crippen LogP) is 3.84. The van der Waals surface area contributed by atoms with E-state index >= 15 is 0 Å². The lowest BCUT2D eigenvalue weighted by Crippen LogP contribution is -2.17. The molecule has 0 bridgehead atoms. The molecule has 19 heavy (non-hydrogen) atoms. The smallest absolute Gasteiger partial charge is 0.313 e. The summed E-state index contributed by atoms with van der Waals surface area (Å²) in [5.41, 5.74) is 1.89. The monoisotopic (exact) mass is 274 g/mol. The summed E-state index contributed by atoms with van der Waals surface area (Å²) in [6.45, 7) is 0. The van der Waals surface area contributed by atoms with Crippen LogP contribution in [0.3, 0.4) is 0 Å². The summed E-state index contributed by atoms with van der Waals surface area (Å²) in [6, 6.07) is 17.2. The van der Waals surface area contributed by atoms with Crippen molar-refractivity contribution < 1.29 is 9.53 Å². The van der Waals surface area contributed by atoms with Crippen molar-refractivity contribution in [1.82, 2.24) is 0 Å². The number of halogens is 1. The fourth-order valence-corrected chi connectivity index (χ4v) is 2.26. The number of carbonyl (C=O) groups excluding carboxylic acids is 1. The number of ether oxygens (including phenoxy) is 1. The molecule has 98 valence electrons. The first-order chi connectivity index (χ1) is 9.22. The Morgan fingerprint density at radius 1 is 1.11 bits per heavy atom. The molecule has 3 heteroatoms. The van der Waals surface area contributed by atoms with Crippen molar-refractivity contribution in [2.45, 2.75) is 12.3 Å². The number of hydrogen-bond donors (Lipinski definition) is 0. The highest BCUT2D eigenvalue weighted by molar-refractivity contribution is 6.31. The topological polar surface area (TPSA) is 26.3 Å². The van der Waals surface area contributed by atoms with Crippen molar-refractivity contribution in [3.8, 4) is 0 Å². The second-order valence-electron chi connectivity index (χ2n) is 4.28. The molecule has 0 aliphatic heterocycles. The number of hydrogen-bond acceptors (Lipinski definition) is 2. The highest BCUT2D eigenvalue weighted by Crippen LogP contribution is 2.26. The molecule has 2 aromatic rings. The predicted molar refractivity (Wildman–Crippen MR) is 76.4 cm³/mol. The highest BCUT2D eigenvalue weighted by Gasteiger charge is 2.22. The van der Waals surface area contributed by atoms with E-state index in [-0.39, 0.29) is 11.9 Å². The maximum absolute atomic E-state index is 12.0. The van der Waals surface area contributed by atoms with Crippen molar-refractivity contribution in [3.05, 3.63) is 70.7 Å². The Balaban J connectivity index is 2.30. The normalized spacial score (nSPS) is 11.9. The average Bonchev–Trinajstić information content (AvgIpc) is 2.46. The van der Waals surface area contributed by atoms with E-state index in [1.165, 1.54) is 7.11 Å². The van der Waals surface area contributed by atoms with Gasteiger partial charge in [-0.25, -0.2) is 0 Å². The molecule has 2 nitrogen and oxygen atoms in total. The highest BCUT2D eigenvalue weighted by atomic mass is 35.5. The fraction of sp³-hybridized carbons (Fsp3) is 0.188. The van der Waals surface area contributed by atoms with Crippen LogP contribution in [-0.4, -0.2) is 13.1 Å². The van der Waals surface area contributed by atoms with Gasteiger partial charge in [0.2, 0.25) is 0 Å². The Morgan fingerprint density at radius 2 is 1.74 bits per heavy atom. The molecule has 0 aromatic heterocycles. The molecule has 2 rings (SSSR count). The van der Waals surface area contributed by atoms with Crippen LogP contribution in [0.1, 0.15) is 17.0 Å². The van der Waals surface area contributed by atoms with E-state index in [1.807, 2.05) is 54.6 Å². The minimum Gasteiger partial charge on any atom is -0.469 e. The Kier molecular flexibility index (Phi) is 4.58. The summed E-state index contributed by atoms with van der Waals surface area (Å²) in [5.74, 6) is -0.572. The van der Waals surface area contributed by atoms with Crippen molar-refractivity contribution in [2.75, 3.05) is 7.11 Å². The third-order valence-corrected chi connectivity index (χ3v) is 3.44. The minimum atomic E-state index is -0.328. The summed E-state index contributed by atoms with van der Waals surface area (Å²) < 4.78 is 4.90. The van der Waals surface area contributed by atoms with Crippen LogP contribution in [0, 0.1) is 0 Å². The van der Waals surface area contributed by atoms with Gasteiger partial charge in [0.1, 0.15) is 0 Å². The number of rotatable bonds is 4. The summed E-state index contributed by atoms with van der Waals surface area (Å²) in [7, 11) is 1.41. The molecule has 0 radical (unpaired) electrons. The molecule has 0 aliphatic rings. The lowest BCUT2D eigenvalue weighted by Gasteiger charge is -2.15. The first-order valence-corrected chi connectivity index (χ1v) is 6.46. The fourth-order valence-electron chi connectivity index (χ4n) is 2.05. The molecule has 0 N–H and O–H groups in total. The first kappa shape index (κ1) is 13.6. The van der Waals surface area contributed by atoms with E-state index in [0.29, 0.717) is 11.4 Å². The van der Waals surface area contributed by atoms with E-state index < -0.39 is 0 Å². The van der Waals surface area contributed by atoms with Crippen molar-refractivity contribution in [2.24, 2.45) is 0 Å². The van der Waals surface area contributed by atoms with Crippen LogP contribution in [-0.2, 0) is 16.0 Å². The number of benzene rings is 2. The third kappa shape index (κ3) is 3.36. The van der Waals surface area contributed by atoms with Gasteiger partial charge in [-0.3, -0.25) is 4.79 Å². The van der Waals surface area contributed by atoms with Crippen LogP contribution < -0.4 is 0 Å². The Labute approximate surface area is 118 Å². The quantitative estimate of drug-likeness (QED) is 0.792. The maximum atomic E-state index is 12.0. The first-order valence-electron chi connectivity index (χ1n) is 6.08. The van der Waals surface area contributed by atoms with Crippen molar-refractivity contribution in [3.63, 3.8) is 0 Å². The number of esters is 1. The number of carbonyl (C=O) groups is 1. The lowest BCUT2D eigenvalue weighted by atomic mass is 9.92. The summed E-state index contributed by atoms with van der Waals surface area (Å²) in [5, 5.41) is 0.673. The standard InChI is InChI=1S/C16H15ClO2/c1-19-16(18)14(12-7-3-2-4-8-12)11-13-9-5-6-10-15(13)17/h2-10,14H,11H2,1H3. The van der Waals surface area contributed by atoms with Gasteiger partial charge < -0.3 is 4.74 Å². The van der Waals surface area contributed by atoms with E-state index in [1.54, 1.807) is 0 Å². The Bertz CT molecular complexity index is 552. The van der Waals surface area contributed by atoms with Crippen molar-refractivity contribution >= 4 is 17.6 Å². The Morgan fingerprint density at radius 3 is 2.37 bits per heavy atom. The summed E-state index contributed by atoms with van der Waals surface area (Å²) in [6.07, 6.45) is 0.538. The second-order valence-corrected chi connectivity index (χ2v) is 4.69. The van der Waals surface area contributed by atoms with Crippen LogP contribution >= 0.6 is 11.6 Å². The maximum Gasteiger partial charge on any atom is 0.313 e. The van der Waals surface area contributed by atoms with Gasteiger partial charge in [-0.05, 0) is 23.6 Å². The molecular weight excluding hydrogens is 260 g/mol. The molecule has 0 saturated heterocycles. The van der Waals surface area contributed by atoms with E-state index in [4.69, 9.17) is 16.3 Å². The minimum absolute atomic E-state index is 0.244. The van der Waals surface area contributed by atoms with E-state index in [0.717, 1.165) is 11.1 Å². The lowest BCUT2D eigenvalue weighted by molar-refractivity contribution is -0.142. The average molecular weight is 275 g/mol. The molecule has 0 amide bonds. The largest absolute Gasteiger partial charge is 0.469 e. The van der Waals surface area contributed by atoms with Gasteiger partial charge in [0.25, 0.3) is 0 Å². The van der Waals surface area contributed by atoms with E-state index in [2.05, 4.69) is 0 Å². The Hall–Kier alpha value is -1.80. The van der Waals surface area contributed by atoms with Crippen LogP contribution in [0.4, 0.5) is 0 Å². The zero-order valence-corrected chi connectivity index (χ0v) is 11.4. The molecule has 1 atom stereocenters. The van der Waals surface area contributed by atoms with Gasteiger partial charge in [0.15, 0.2) is 0 Å². The van der Waals surface area contributed by atoms with Gasteiger partial charge in [0, 0.05) is 5.02 Å². The molecule has 0 heterocycles. The van der Waals surface area contributed by atoms with Crippen LogP contribution in [0.15, 0.2) is 54.6 Å². The molecule has 0 fully saturated rings. The van der Waals surface area contributed by atoms with Crippen LogP contribution in [0.5, 0.6) is 0 Å². The number of methoxy groups -OCH3 is 1. The van der Waals surface area contributed by atoms with Gasteiger partial charge in [-0.15, -0.1) is 0 Å². The second kappa shape index (κ2) is 6.39. The molecule has 1 unspecified atom stereocenters. The molecule has 0 spiro atoms. The molecule has 0 aliphatic carbocycles. The summed E-state index contributed by atoms with van der Waals surface area (Å²) >= 11 is 6.15. The molecule has 0 saturated carbocycles. The molecular formula is C16H15ClO2. The zero-order chi connectivity index (χ0) is 13.7. The van der Waals surface area contributed by atoms with Crippen molar-refractivity contribution in [1.29, 1.82) is 0 Å². The van der Waals surface area contributed by atoms with Crippen LogP contribution in [0.25, 0.3) is 0 Å². The van der Waals surface area contributed by atoms with Crippen LogP contribution in [0.2, 0.25) is 5.02 Å².